The summed E-state index contributed by atoms with van der Waals surface area (Å²) in [7, 11) is -2.84. The molecule has 0 aromatic heterocycles. The van der Waals surface area contributed by atoms with Gasteiger partial charge in [0.2, 0.25) is 5.91 Å². The molecular formula is C23H36N4O3S. The largest absolute Gasteiger partial charge is 0.340 e. The maximum atomic E-state index is 12.9. The Kier molecular flexibility index (Phi) is 7.31. The molecule has 3 fully saturated rings. The molecule has 1 amide bonds. The van der Waals surface area contributed by atoms with Gasteiger partial charge >= 0.3 is 0 Å². The van der Waals surface area contributed by atoms with Crippen LogP contribution < -0.4 is 0 Å². The fourth-order valence-electron chi connectivity index (χ4n) is 5.05. The van der Waals surface area contributed by atoms with E-state index >= 15 is 0 Å². The maximum absolute atomic E-state index is 12.9. The molecule has 3 saturated heterocycles. The molecule has 0 spiro atoms. The molecule has 0 saturated carbocycles. The summed E-state index contributed by atoms with van der Waals surface area (Å²) in [5.74, 6) is 0.861. The predicted octanol–water partition coefficient (Wildman–Crippen LogP) is 0.834. The van der Waals surface area contributed by atoms with Crippen molar-refractivity contribution >= 4 is 15.7 Å². The van der Waals surface area contributed by atoms with Gasteiger partial charge in [-0.05, 0) is 30.9 Å². The van der Waals surface area contributed by atoms with E-state index in [4.69, 9.17) is 0 Å². The molecule has 0 radical (unpaired) electrons. The van der Waals surface area contributed by atoms with Crippen molar-refractivity contribution in [1.29, 1.82) is 0 Å². The van der Waals surface area contributed by atoms with Crippen LogP contribution in [0.1, 0.15) is 24.0 Å². The Morgan fingerprint density at radius 1 is 0.968 bits per heavy atom. The van der Waals surface area contributed by atoms with Crippen molar-refractivity contribution < 1.29 is 13.2 Å². The molecule has 172 valence electrons. The average Bonchev–Trinajstić information content (AvgIpc) is 2.96. The van der Waals surface area contributed by atoms with Crippen LogP contribution in [-0.2, 0) is 21.2 Å². The van der Waals surface area contributed by atoms with E-state index in [2.05, 4.69) is 45.9 Å². The second-order valence-electron chi connectivity index (χ2n) is 9.31. The maximum Gasteiger partial charge on any atom is 0.236 e. The first kappa shape index (κ1) is 22.7. The topological polar surface area (TPSA) is 64.2 Å². The van der Waals surface area contributed by atoms with Gasteiger partial charge in [-0.1, -0.05) is 24.3 Å². The van der Waals surface area contributed by atoms with Crippen LogP contribution in [0, 0.1) is 6.92 Å². The lowest BCUT2D eigenvalue weighted by atomic mass is 10.1. The Balaban J connectivity index is 1.21. The van der Waals surface area contributed by atoms with E-state index in [0.29, 0.717) is 18.1 Å². The van der Waals surface area contributed by atoms with Crippen LogP contribution in [0.3, 0.4) is 0 Å². The molecule has 3 heterocycles. The van der Waals surface area contributed by atoms with E-state index < -0.39 is 9.84 Å². The van der Waals surface area contributed by atoms with Gasteiger partial charge in [-0.3, -0.25) is 19.5 Å². The quantitative estimate of drug-likeness (QED) is 0.665. The number of carbonyl (C=O) groups excluding carboxylic acids is 1. The zero-order valence-electron chi connectivity index (χ0n) is 18.7. The molecule has 1 atom stereocenters. The molecule has 0 aliphatic carbocycles. The lowest BCUT2D eigenvalue weighted by molar-refractivity contribution is -0.132. The number of carbonyl (C=O) groups is 1. The van der Waals surface area contributed by atoms with E-state index in [1.165, 1.54) is 11.1 Å². The first-order chi connectivity index (χ1) is 14.9. The third kappa shape index (κ3) is 6.06. The summed E-state index contributed by atoms with van der Waals surface area (Å²) in [4.78, 5) is 22.0. The third-order valence-electron chi connectivity index (χ3n) is 7.09. The first-order valence-electron chi connectivity index (χ1n) is 11.6. The van der Waals surface area contributed by atoms with Crippen molar-refractivity contribution in [1.82, 2.24) is 19.6 Å². The number of hydrogen-bond acceptors (Lipinski definition) is 6. The van der Waals surface area contributed by atoms with Crippen LogP contribution in [0.25, 0.3) is 0 Å². The first-order valence-corrected chi connectivity index (χ1v) is 13.4. The monoisotopic (exact) mass is 448 g/mol. The van der Waals surface area contributed by atoms with Crippen molar-refractivity contribution in [3.63, 3.8) is 0 Å². The standard InChI is InChI=1S/C23H36N4O3S/c1-20-5-2-3-6-21(20)17-24-8-4-9-27(15-12-24)23(28)18-25-10-13-26(14-11-25)22-7-16-31(29,30)19-22/h2-3,5-6,22H,4,7-19H2,1H3. The number of rotatable bonds is 5. The van der Waals surface area contributed by atoms with E-state index in [1.807, 2.05) is 4.90 Å². The molecule has 3 aliphatic heterocycles. The molecule has 7 nitrogen and oxygen atoms in total. The van der Waals surface area contributed by atoms with Gasteiger partial charge < -0.3 is 4.90 Å². The van der Waals surface area contributed by atoms with Crippen LogP contribution in [0.15, 0.2) is 24.3 Å². The van der Waals surface area contributed by atoms with Gasteiger partial charge in [-0.2, -0.15) is 0 Å². The van der Waals surface area contributed by atoms with Crippen LogP contribution in [0.2, 0.25) is 0 Å². The van der Waals surface area contributed by atoms with Gasteiger partial charge in [-0.15, -0.1) is 0 Å². The number of hydrogen-bond donors (Lipinski definition) is 0. The predicted molar refractivity (Wildman–Crippen MR) is 123 cm³/mol. The van der Waals surface area contributed by atoms with E-state index in [0.717, 1.165) is 71.7 Å². The molecule has 0 N–H and O–H groups in total. The number of amides is 1. The van der Waals surface area contributed by atoms with E-state index in [1.54, 1.807) is 0 Å². The zero-order chi connectivity index (χ0) is 21.8. The molecule has 1 aromatic rings. The van der Waals surface area contributed by atoms with Gasteiger partial charge in [0.05, 0.1) is 18.1 Å². The van der Waals surface area contributed by atoms with Gasteiger partial charge in [0, 0.05) is 64.9 Å². The highest BCUT2D eigenvalue weighted by molar-refractivity contribution is 7.91. The minimum atomic E-state index is -2.84. The Morgan fingerprint density at radius 3 is 2.42 bits per heavy atom. The number of sulfone groups is 1. The van der Waals surface area contributed by atoms with Crippen molar-refractivity contribution in [2.45, 2.75) is 32.4 Å². The van der Waals surface area contributed by atoms with E-state index in [9.17, 15) is 13.2 Å². The van der Waals surface area contributed by atoms with Crippen molar-refractivity contribution in [2.24, 2.45) is 0 Å². The summed E-state index contributed by atoms with van der Waals surface area (Å²) in [6.07, 6.45) is 1.77. The summed E-state index contributed by atoms with van der Waals surface area (Å²) in [5.41, 5.74) is 2.70. The Bertz CT molecular complexity index is 867. The highest BCUT2D eigenvalue weighted by atomic mass is 32.2. The van der Waals surface area contributed by atoms with Crippen LogP contribution in [-0.4, -0.2) is 110 Å². The number of piperazine rings is 1. The fraction of sp³-hybridized carbons (Fsp3) is 0.696. The van der Waals surface area contributed by atoms with Crippen LogP contribution >= 0.6 is 0 Å². The Morgan fingerprint density at radius 2 is 1.71 bits per heavy atom. The smallest absolute Gasteiger partial charge is 0.236 e. The summed E-state index contributed by atoms with van der Waals surface area (Å²) in [5, 5.41) is 0. The number of aryl methyl sites for hydroxylation is 1. The van der Waals surface area contributed by atoms with Gasteiger partial charge in [-0.25, -0.2) is 8.42 Å². The highest BCUT2D eigenvalue weighted by Gasteiger charge is 2.34. The minimum Gasteiger partial charge on any atom is -0.340 e. The van der Waals surface area contributed by atoms with Crippen molar-refractivity contribution in [3.05, 3.63) is 35.4 Å². The minimum absolute atomic E-state index is 0.174. The van der Waals surface area contributed by atoms with Crippen LogP contribution in [0.5, 0.6) is 0 Å². The zero-order valence-corrected chi connectivity index (χ0v) is 19.5. The fourth-order valence-corrected chi connectivity index (χ4v) is 6.81. The molecule has 8 heteroatoms. The second-order valence-corrected chi connectivity index (χ2v) is 11.5. The van der Waals surface area contributed by atoms with E-state index in [-0.39, 0.29) is 11.9 Å². The normalized spacial score (nSPS) is 26.1. The number of benzene rings is 1. The molecule has 1 aromatic carbocycles. The molecule has 4 rings (SSSR count). The van der Waals surface area contributed by atoms with Gasteiger partial charge in [0.1, 0.15) is 0 Å². The summed E-state index contributed by atoms with van der Waals surface area (Å²) in [6.45, 7) is 10.6. The third-order valence-corrected chi connectivity index (χ3v) is 8.84. The Hall–Kier alpha value is -1.48. The summed E-state index contributed by atoms with van der Waals surface area (Å²) >= 11 is 0. The average molecular weight is 449 g/mol. The molecular weight excluding hydrogens is 412 g/mol. The van der Waals surface area contributed by atoms with Crippen molar-refractivity contribution in [2.75, 3.05) is 70.4 Å². The second kappa shape index (κ2) is 9.98. The Labute approximate surface area is 186 Å². The molecule has 3 aliphatic rings. The number of nitrogens with zero attached hydrogens (tertiary/aromatic N) is 4. The summed E-state index contributed by atoms with van der Waals surface area (Å²) in [6, 6.07) is 8.71. The molecule has 31 heavy (non-hydrogen) atoms. The summed E-state index contributed by atoms with van der Waals surface area (Å²) < 4.78 is 23.5. The van der Waals surface area contributed by atoms with Gasteiger partial charge in [0.25, 0.3) is 0 Å². The highest BCUT2D eigenvalue weighted by Crippen LogP contribution is 2.19. The molecule has 0 bridgehead atoms. The SMILES string of the molecule is Cc1ccccc1CN1CCCN(C(=O)CN2CCN(C3CCS(=O)(=O)C3)CC2)CC1. The van der Waals surface area contributed by atoms with Crippen LogP contribution in [0.4, 0.5) is 0 Å². The molecule has 1 unspecified atom stereocenters. The lowest BCUT2D eigenvalue weighted by Crippen LogP contribution is -2.53. The van der Waals surface area contributed by atoms with Crippen molar-refractivity contribution in [3.8, 4) is 0 Å². The van der Waals surface area contributed by atoms with Gasteiger partial charge in [0.15, 0.2) is 9.84 Å². The lowest BCUT2D eigenvalue weighted by Gasteiger charge is -2.38.